The summed E-state index contributed by atoms with van der Waals surface area (Å²) in [4.78, 5) is 0. The maximum absolute atomic E-state index is 13.6. The summed E-state index contributed by atoms with van der Waals surface area (Å²) in [7, 11) is 1.43. The van der Waals surface area contributed by atoms with E-state index in [1.807, 2.05) is 0 Å². The molecule has 15 heavy (non-hydrogen) atoms. The third-order valence-corrected chi connectivity index (χ3v) is 2.57. The zero-order valence-electron chi connectivity index (χ0n) is 8.06. The number of nitrogens with one attached hydrogen (secondary N) is 1. The van der Waals surface area contributed by atoms with E-state index in [1.54, 1.807) is 0 Å². The smallest absolute Gasteiger partial charge is 0.145 e. The van der Waals surface area contributed by atoms with Crippen molar-refractivity contribution < 1.29 is 13.5 Å². The molecule has 0 radical (unpaired) electrons. The normalized spacial score (nSPS) is 12.9. The quantitative estimate of drug-likeness (QED) is 0.503. The number of hydrazine groups is 1. The Balaban J connectivity index is 3.15. The largest absolute Gasteiger partial charge is 0.383 e. The third-order valence-electron chi connectivity index (χ3n) is 1.96. The van der Waals surface area contributed by atoms with Gasteiger partial charge >= 0.3 is 0 Å². The summed E-state index contributed by atoms with van der Waals surface area (Å²) in [6, 6.07) is 1.75. The minimum Gasteiger partial charge on any atom is -0.383 e. The predicted octanol–water partition coefficient (Wildman–Crippen LogP) is 1.88. The standard InChI is InChI=1S/C9H11BrF2N2O/c1-15-4-7(14-13)8-6(11)3-2-5(10)9(8)12/h2-3,7,14H,4,13H2,1H3. The Morgan fingerprint density at radius 1 is 1.53 bits per heavy atom. The van der Waals surface area contributed by atoms with E-state index in [2.05, 4.69) is 21.4 Å². The summed E-state index contributed by atoms with van der Waals surface area (Å²) in [5, 5.41) is 0. The molecule has 1 unspecified atom stereocenters. The van der Waals surface area contributed by atoms with Crippen LogP contribution in [0.15, 0.2) is 16.6 Å². The topological polar surface area (TPSA) is 47.3 Å². The SMILES string of the molecule is COCC(NN)c1c(F)ccc(Br)c1F. The fourth-order valence-electron chi connectivity index (χ4n) is 1.24. The van der Waals surface area contributed by atoms with Crippen LogP contribution in [0.2, 0.25) is 0 Å². The molecule has 0 saturated heterocycles. The Bertz CT molecular complexity index is 349. The van der Waals surface area contributed by atoms with Crippen LogP contribution in [-0.2, 0) is 4.74 Å². The van der Waals surface area contributed by atoms with Gasteiger partial charge in [0.15, 0.2) is 0 Å². The van der Waals surface area contributed by atoms with Crippen LogP contribution in [0.4, 0.5) is 8.78 Å². The van der Waals surface area contributed by atoms with Gasteiger partial charge in [0.05, 0.1) is 17.1 Å². The molecule has 3 N–H and O–H groups in total. The maximum Gasteiger partial charge on any atom is 0.145 e. The molecule has 1 aromatic carbocycles. The number of rotatable bonds is 4. The highest BCUT2D eigenvalue weighted by molar-refractivity contribution is 9.10. The fourth-order valence-corrected chi connectivity index (χ4v) is 1.59. The minimum atomic E-state index is -0.715. The maximum atomic E-state index is 13.6. The molecule has 84 valence electrons. The monoisotopic (exact) mass is 280 g/mol. The zero-order valence-corrected chi connectivity index (χ0v) is 9.64. The van der Waals surface area contributed by atoms with Crippen LogP contribution in [-0.4, -0.2) is 13.7 Å². The molecule has 3 nitrogen and oxygen atoms in total. The number of benzene rings is 1. The van der Waals surface area contributed by atoms with Gasteiger partial charge in [0.2, 0.25) is 0 Å². The lowest BCUT2D eigenvalue weighted by molar-refractivity contribution is 0.164. The highest BCUT2D eigenvalue weighted by Gasteiger charge is 2.20. The molecule has 0 saturated carbocycles. The van der Waals surface area contributed by atoms with Crippen molar-refractivity contribution >= 4 is 15.9 Å². The average Bonchev–Trinajstić information content (AvgIpc) is 2.22. The zero-order chi connectivity index (χ0) is 11.4. The Labute approximate surface area is 94.7 Å². The van der Waals surface area contributed by atoms with E-state index in [9.17, 15) is 8.78 Å². The van der Waals surface area contributed by atoms with Crippen LogP contribution in [0.3, 0.4) is 0 Å². The first-order valence-electron chi connectivity index (χ1n) is 4.20. The van der Waals surface area contributed by atoms with Crippen LogP contribution < -0.4 is 11.3 Å². The van der Waals surface area contributed by atoms with E-state index in [4.69, 9.17) is 10.6 Å². The number of hydrogen-bond donors (Lipinski definition) is 2. The Kier molecular flexibility index (Phi) is 4.59. The van der Waals surface area contributed by atoms with Crippen molar-refractivity contribution in [1.29, 1.82) is 0 Å². The van der Waals surface area contributed by atoms with Crippen LogP contribution in [0, 0.1) is 11.6 Å². The van der Waals surface area contributed by atoms with Crippen LogP contribution in [0.1, 0.15) is 11.6 Å². The minimum absolute atomic E-state index is 0.0841. The number of methoxy groups -OCH3 is 1. The van der Waals surface area contributed by atoms with Gasteiger partial charge in [0, 0.05) is 12.7 Å². The molecule has 1 aromatic rings. The highest BCUT2D eigenvalue weighted by atomic mass is 79.9. The number of halogens is 3. The van der Waals surface area contributed by atoms with Crippen molar-refractivity contribution in [3.8, 4) is 0 Å². The van der Waals surface area contributed by atoms with Gasteiger partial charge in [0.1, 0.15) is 11.6 Å². The van der Waals surface area contributed by atoms with E-state index in [0.717, 1.165) is 0 Å². The first-order valence-corrected chi connectivity index (χ1v) is 4.99. The molecule has 0 aromatic heterocycles. The Morgan fingerprint density at radius 3 is 2.73 bits per heavy atom. The van der Waals surface area contributed by atoms with Gasteiger partial charge < -0.3 is 4.74 Å². The lowest BCUT2D eigenvalue weighted by Gasteiger charge is -2.17. The molecular formula is C9H11BrF2N2O. The first-order chi connectivity index (χ1) is 7.11. The van der Waals surface area contributed by atoms with Gasteiger partial charge in [-0.05, 0) is 28.1 Å². The van der Waals surface area contributed by atoms with Crippen molar-refractivity contribution in [2.75, 3.05) is 13.7 Å². The summed E-state index contributed by atoms with van der Waals surface area (Å²) in [5.74, 6) is 3.87. The molecule has 0 amide bonds. The van der Waals surface area contributed by atoms with Crippen molar-refractivity contribution in [2.45, 2.75) is 6.04 Å². The first kappa shape index (κ1) is 12.5. The fraction of sp³-hybridized carbons (Fsp3) is 0.333. The van der Waals surface area contributed by atoms with Crippen molar-refractivity contribution in [3.63, 3.8) is 0 Å². The third kappa shape index (κ3) is 2.72. The lowest BCUT2D eigenvalue weighted by Crippen LogP contribution is -2.32. The van der Waals surface area contributed by atoms with Gasteiger partial charge in [-0.15, -0.1) is 0 Å². The Hall–Kier alpha value is -0.560. The number of hydrogen-bond acceptors (Lipinski definition) is 3. The molecule has 6 heteroatoms. The summed E-state index contributed by atoms with van der Waals surface area (Å²) in [6.45, 7) is 0.0841. The molecular weight excluding hydrogens is 270 g/mol. The van der Waals surface area contributed by atoms with E-state index in [-0.39, 0.29) is 16.6 Å². The summed E-state index contributed by atoms with van der Waals surface area (Å²) in [6.07, 6.45) is 0. The molecule has 1 atom stereocenters. The van der Waals surface area contributed by atoms with E-state index >= 15 is 0 Å². The molecule has 0 bridgehead atoms. The van der Waals surface area contributed by atoms with Gasteiger partial charge in [-0.2, -0.15) is 0 Å². The van der Waals surface area contributed by atoms with Crippen molar-refractivity contribution in [2.24, 2.45) is 5.84 Å². The second-order valence-corrected chi connectivity index (χ2v) is 3.79. The van der Waals surface area contributed by atoms with Crippen molar-refractivity contribution in [1.82, 2.24) is 5.43 Å². The molecule has 0 aliphatic rings. The van der Waals surface area contributed by atoms with E-state index < -0.39 is 17.7 Å². The van der Waals surface area contributed by atoms with Crippen LogP contribution in [0.5, 0.6) is 0 Å². The van der Waals surface area contributed by atoms with Gasteiger partial charge in [-0.3, -0.25) is 11.3 Å². The highest BCUT2D eigenvalue weighted by Crippen LogP contribution is 2.26. The summed E-state index contributed by atoms with van der Waals surface area (Å²) >= 11 is 2.98. The number of ether oxygens (including phenoxy) is 1. The van der Waals surface area contributed by atoms with Crippen LogP contribution >= 0.6 is 15.9 Å². The van der Waals surface area contributed by atoms with Gasteiger partial charge in [-0.1, -0.05) is 0 Å². The lowest BCUT2D eigenvalue weighted by atomic mass is 10.1. The molecule has 0 heterocycles. The Morgan fingerprint density at radius 2 is 2.20 bits per heavy atom. The molecule has 0 fully saturated rings. The van der Waals surface area contributed by atoms with E-state index in [1.165, 1.54) is 19.2 Å². The van der Waals surface area contributed by atoms with Crippen LogP contribution in [0.25, 0.3) is 0 Å². The second kappa shape index (κ2) is 5.50. The van der Waals surface area contributed by atoms with Crippen molar-refractivity contribution in [3.05, 3.63) is 33.8 Å². The van der Waals surface area contributed by atoms with E-state index in [0.29, 0.717) is 0 Å². The summed E-state index contributed by atoms with van der Waals surface area (Å²) < 4.78 is 32.0. The second-order valence-electron chi connectivity index (χ2n) is 2.93. The predicted molar refractivity (Wildman–Crippen MR) is 56.0 cm³/mol. The summed E-state index contributed by atoms with van der Waals surface area (Å²) in [5.41, 5.74) is 2.17. The van der Waals surface area contributed by atoms with Gasteiger partial charge in [0.25, 0.3) is 0 Å². The average molecular weight is 281 g/mol. The number of nitrogens with two attached hydrogens (primary N) is 1. The molecule has 0 aliphatic carbocycles. The molecule has 0 aliphatic heterocycles. The molecule has 1 rings (SSSR count). The van der Waals surface area contributed by atoms with Gasteiger partial charge in [-0.25, -0.2) is 8.78 Å². The molecule has 0 spiro atoms.